The fourth-order valence-electron chi connectivity index (χ4n) is 3.36. The van der Waals surface area contributed by atoms with Gasteiger partial charge < -0.3 is 19.7 Å². The van der Waals surface area contributed by atoms with Crippen molar-refractivity contribution in [3.8, 4) is 17.0 Å². The summed E-state index contributed by atoms with van der Waals surface area (Å²) in [5.74, 6) is -0.468. The van der Waals surface area contributed by atoms with Gasteiger partial charge in [0.15, 0.2) is 0 Å². The van der Waals surface area contributed by atoms with Crippen molar-refractivity contribution in [2.75, 3.05) is 7.11 Å². The number of nitrogens with one attached hydrogen (secondary N) is 1. The van der Waals surface area contributed by atoms with E-state index >= 15 is 0 Å². The third-order valence-electron chi connectivity index (χ3n) is 4.83. The number of aliphatic carboxylic acids is 1. The topological polar surface area (TPSA) is 115 Å². The van der Waals surface area contributed by atoms with Gasteiger partial charge in [-0.1, -0.05) is 29.4 Å². The number of rotatable bonds is 7. The van der Waals surface area contributed by atoms with Gasteiger partial charge >= 0.3 is 5.97 Å². The van der Waals surface area contributed by atoms with Gasteiger partial charge in [0.25, 0.3) is 5.91 Å². The lowest BCUT2D eigenvalue weighted by Crippen LogP contribution is -2.31. The molecule has 0 saturated carbocycles. The van der Waals surface area contributed by atoms with Gasteiger partial charge in [0.2, 0.25) is 0 Å². The van der Waals surface area contributed by atoms with Crippen LogP contribution < -0.4 is 10.1 Å². The first kappa shape index (κ1) is 21.0. The molecule has 0 spiro atoms. The Morgan fingerprint density at radius 1 is 1.17 bits per heavy atom. The van der Waals surface area contributed by atoms with Crippen molar-refractivity contribution >= 4 is 11.9 Å². The molecule has 3 rings (SSSR count). The third-order valence-corrected chi connectivity index (χ3v) is 4.83. The van der Waals surface area contributed by atoms with E-state index in [1.54, 1.807) is 26.0 Å². The molecule has 0 fully saturated rings. The van der Waals surface area contributed by atoms with Crippen LogP contribution >= 0.6 is 0 Å². The number of pyridine rings is 1. The van der Waals surface area contributed by atoms with Gasteiger partial charge in [-0.15, -0.1) is 0 Å². The van der Waals surface area contributed by atoms with Crippen molar-refractivity contribution < 1.29 is 24.0 Å². The maximum atomic E-state index is 13.0. The highest BCUT2D eigenvalue weighted by Gasteiger charge is 2.23. The van der Waals surface area contributed by atoms with Crippen LogP contribution in [0.1, 0.15) is 45.5 Å². The Bertz CT molecular complexity index is 1070. The molecule has 0 aliphatic heterocycles. The van der Waals surface area contributed by atoms with E-state index in [-0.39, 0.29) is 12.1 Å². The van der Waals surface area contributed by atoms with E-state index in [0.717, 1.165) is 11.1 Å². The quantitative estimate of drug-likeness (QED) is 0.612. The van der Waals surface area contributed by atoms with Gasteiger partial charge in [0.1, 0.15) is 22.9 Å². The first-order valence-corrected chi connectivity index (χ1v) is 9.38. The summed E-state index contributed by atoms with van der Waals surface area (Å²) in [7, 11) is 1.51. The SMILES string of the molecule is COc1ccc(C(=O)NC(CC(=O)O)c2ccccc2C)nc1-c1c(C)noc1C. The Hall–Kier alpha value is -3.68. The van der Waals surface area contributed by atoms with Gasteiger partial charge in [0.05, 0.1) is 30.8 Å². The molecule has 156 valence electrons. The second-order valence-corrected chi connectivity index (χ2v) is 6.93. The lowest BCUT2D eigenvalue weighted by Gasteiger charge is -2.19. The molecule has 30 heavy (non-hydrogen) atoms. The van der Waals surface area contributed by atoms with Crippen LogP contribution in [-0.4, -0.2) is 34.2 Å². The standard InChI is InChI=1S/C22H23N3O5/c1-12-7-5-6-8-15(12)17(11-19(26)27)24-22(28)16-9-10-18(29-4)21(23-16)20-13(2)25-30-14(20)3/h5-10,17H,11H2,1-4H3,(H,24,28)(H,26,27). The predicted octanol–water partition coefficient (Wildman–Crippen LogP) is 3.62. The first-order chi connectivity index (χ1) is 14.3. The van der Waals surface area contributed by atoms with E-state index in [4.69, 9.17) is 9.26 Å². The molecular weight excluding hydrogens is 386 g/mol. The number of aryl methyl sites for hydroxylation is 3. The van der Waals surface area contributed by atoms with Crippen LogP contribution in [0.5, 0.6) is 5.75 Å². The van der Waals surface area contributed by atoms with Crippen molar-refractivity contribution in [1.29, 1.82) is 0 Å². The Kier molecular flexibility index (Phi) is 6.15. The molecule has 8 nitrogen and oxygen atoms in total. The fraction of sp³-hybridized carbons (Fsp3) is 0.273. The average molecular weight is 409 g/mol. The highest BCUT2D eigenvalue weighted by atomic mass is 16.5. The van der Waals surface area contributed by atoms with E-state index in [2.05, 4.69) is 15.5 Å². The molecular formula is C22H23N3O5. The van der Waals surface area contributed by atoms with Crippen molar-refractivity contribution in [3.05, 3.63) is 64.7 Å². The summed E-state index contributed by atoms with van der Waals surface area (Å²) in [6, 6.07) is 9.83. The molecule has 2 aromatic heterocycles. The van der Waals surface area contributed by atoms with E-state index in [1.165, 1.54) is 13.2 Å². The molecule has 0 bridgehead atoms. The minimum absolute atomic E-state index is 0.134. The number of carboxylic acid groups (broad SMARTS) is 1. The van der Waals surface area contributed by atoms with Crippen molar-refractivity contribution in [1.82, 2.24) is 15.5 Å². The Labute approximate surface area is 173 Å². The van der Waals surface area contributed by atoms with Crippen LogP contribution in [0.4, 0.5) is 0 Å². The molecule has 0 radical (unpaired) electrons. The summed E-state index contributed by atoms with van der Waals surface area (Å²) >= 11 is 0. The largest absolute Gasteiger partial charge is 0.494 e. The van der Waals surface area contributed by atoms with Crippen LogP contribution in [0.3, 0.4) is 0 Å². The van der Waals surface area contributed by atoms with Crippen LogP contribution in [-0.2, 0) is 4.79 Å². The maximum Gasteiger partial charge on any atom is 0.305 e. The number of carbonyl (C=O) groups is 2. The molecule has 2 heterocycles. The van der Waals surface area contributed by atoms with Gasteiger partial charge in [-0.2, -0.15) is 0 Å². The van der Waals surface area contributed by atoms with E-state index < -0.39 is 17.9 Å². The maximum absolute atomic E-state index is 13.0. The highest BCUT2D eigenvalue weighted by molar-refractivity contribution is 5.94. The number of amides is 1. The molecule has 0 aliphatic carbocycles. The number of aromatic nitrogens is 2. The number of nitrogens with zero attached hydrogens (tertiary/aromatic N) is 2. The van der Waals surface area contributed by atoms with Gasteiger partial charge in [-0.3, -0.25) is 9.59 Å². The van der Waals surface area contributed by atoms with Crippen LogP contribution in [0.25, 0.3) is 11.3 Å². The zero-order valence-electron chi connectivity index (χ0n) is 17.2. The van der Waals surface area contributed by atoms with Crippen LogP contribution in [0, 0.1) is 20.8 Å². The van der Waals surface area contributed by atoms with E-state index in [9.17, 15) is 14.7 Å². The smallest absolute Gasteiger partial charge is 0.305 e. The molecule has 0 aliphatic rings. The van der Waals surface area contributed by atoms with E-state index in [1.807, 2.05) is 25.1 Å². The molecule has 1 aromatic carbocycles. The van der Waals surface area contributed by atoms with Crippen LogP contribution in [0.15, 0.2) is 40.9 Å². The van der Waals surface area contributed by atoms with Gasteiger partial charge in [-0.25, -0.2) is 4.98 Å². The number of hydrogen-bond acceptors (Lipinski definition) is 6. The van der Waals surface area contributed by atoms with Crippen LogP contribution in [0.2, 0.25) is 0 Å². The summed E-state index contributed by atoms with van der Waals surface area (Å²) in [6.45, 7) is 5.41. The normalized spacial score (nSPS) is 11.7. The molecule has 1 atom stereocenters. The number of carboxylic acids is 1. The zero-order chi connectivity index (χ0) is 21.8. The number of methoxy groups -OCH3 is 1. The summed E-state index contributed by atoms with van der Waals surface area (Å²) in [5, 5.41) is 16.1. The van der Waals surface area contributed by atoms with Crippen molar-refractivity contribution in [2.45, 2.75) is 33.2 Å². The molecule has 2 N–H and O–H groups in total. The predicted molar refractivity (Wildman–Crippen MR) is 109 cm³/mol. The number of carbonyl (C=O) groups excluding carboxylic acids is 1. The Morgan fingerprint density at radius 3 is 2.50 bits per heavy atom. The summed E-state index contributed by atoms with van der Waals surface area (Å²) in [4.78, 5) is 28.8. The number of hydrogen-bond donors (Lipinski definition) is 2. The highest BCUT2D eigenvalue weighted by Crippen LogP contribution is 2.33. The Balaban J connectivity index is 1.97. The fourth-order valence-corrected chi connectivity index (χ4v) is 3.36. The van der Waals surface area contributed by atoms with Crippen molar-refractivity contribution in [3.63, 3.8) is 0 Å². The molecule has 1 unspecified atom stereocenters. The lowest BCUT2D eigenvalue weighted by atomic mass is 9.98. The molecule has 0 saturated heterocycles. The molecule has 1 amide bonds. The lowest BCUT2D eigenvalue weighted by molar-refractivity contribution is -0.137. The average Bonchev–Trinajstić information content (AvgIpc) is 3.05. The summed E-state index contributed by atoms with van der Waals surface area (Å²) < 4.78 is 10.6. The zero-order valence-corrected chi connectivity index (χ0v) is 17.2. The van der Waals surface area contributed by atoms with Gasteiger partial charge in [-0.05, 0) is 44.0 Å². The van der Waals surface area contributed by atoms with Gasteiger partial charge in [0, 0.05) is 0 Å². The second-order valence-electron chi connectivity index (χ2n) is 6.93. The number of benzene rings is 1. The van der Waals surface area contributed by atoms with E-state index in [0.29, 0.717) is 28.5 Å². The summed E-state index contributed by atoms with van der Waals surface area (Å²) in [5.41, 5.74) is 3.49. The second kappa shape index (κ2) is 8.77. The molecule has 8 heteroatoms. The first-order valence-electron chi connectivity index (χ1n) is 9.38. The summed E-state index contributed by atoms with van der Waals surface area (Å²) in [6.07, 6.45) is -0.247. The minimum Gasteiger partial charge on any atom is -0.494 e. The Morgan fingerprint density at radius 2 is 1.90 bits per heavy atom. The monoisotopic (exact) mass is 409 g/mol. The third kappa shape index (κ3) is 4.32. The molecule has 3 aromatic rings. The van der Waals surface area contributed by atoms with Crippen molar-refractivity contribution in [2.24, 2.45) is 0 Å². The minimum atomic E-state index is -1.01. The number of ether oxygens (including phenoxy) is 1.